The van der Waals surface area contributed by atoms with Gasteiger partial charge in [-0.1, -0.05) is 48.5 Å². The summed E-state index contributed by atoms with van der Waals surface area (Å²) in [5.41, 5.74) is 1.77. The first-order chi connectivity index (χ1) is 16.1. The number of carbonyl (C=O) groups is 2. The number of amides is 2. The summed E-state index contributed by atoms with van der Waals surface area (Å²) in [6, 6.07) is 20.1. The molecule has 2 aliphatic rings. The average Bonchev–Trinajstić information content (AvgIpc) is 2.86. The van der Waals surface area contributed by atoms with Gasteiger partial charge in [0.2, 0.25) is 5.91 Å². The fourth-order valence-corrected chi connectivity index (χ4v) is 5.59. The molecule has 4 rings (SSSR count). The minimum atomic E-state index is -0.245. The van der Waals surface area contributed by atoms with Crippen LogP contribution < -0.4 is 5.32 Å². The van der Waals surface area contributed by atoms with Crippen molar-refractivity contribution in [2.75, 3.05) is 32.7 Å². The molecule has 33 heavy (non-hydrogen) atoms. The highest BCUT2D eigenvalue weighted by atomic mass is 16.2. The van der Waals surface area contributed by atoms with E-state index in [1.165, 1.54) is 18.4 Å². The lowest BCUT2D eigenvalue weighted by Crippen LogP contribution is -2.52. The predicted molar refractivity (Wildman–Crippen MR) is 132 cm³/mol. The second-order valence-electron chi connectivity index (χ2n) is 9.74. The molecule has 5 heteroatoms. The Morgan fingerprint density at radius 3 is 2.30 bits per heavy atom. The molecule has 176 valence electrons. The van der Waals surface area contributed by atoms with Crippen LogP contribution >= 0.6 is 0 Å². The van der Waals surface area contributed by atoms with Crippen LogP contribution in [-0.4, -0.2) is 54.3 Å². The summed E-state index contributed by atoms with van der Waals surface area (Å²) >= 11 is 0. The van der Waals surface area contributed by atoms with Gasteiger partial charge in [0.05, 0.1) is 5.54 Å². The number of nitrogens with zero attached hydrogens (tertiary/aromatic N) is 2. The minimum Gasteiger partial charge on any atom is -0.347 e. The number of hydrogen-bond donors (Lipinski definition) is 1. The highest BCUT2D eigenvalue weighted by Gasteiger charge is 2.36. The van der Waals surface area contributed by atoms with Crippen LogP contribution in [0.25, 0.3) is 0 Å². The molecule has 2 amide bonds. The summed E-state index contributed by atoms with van der Waals surface area (Å²) in [6.45, 7) is 6.46. The number of rotatable bonds is 7. The van der Waals surface area contributed by atoms with Gasteiger partial charge in [-0.2, -0.15) is 0 Å². The molecule has 0 spiro atoms. The minimum absolute atomic E-state index is 0.0409. The molecule has 2 heterocycles. The van der Waals surface area contributed by atoms with E-state index in [2.05, 4.69) is 34.5 Å². The van der Waals surface area contributed by atoms with Crippen molar-refractivity contribution in [3.63, 3.8) is 0 Å². The molecule has 0 aliphatic carbocycles. The van der Waals surface area contributed by atoms with E-state index in [0.717, 1.165) is 64.0 Å². The molecule has 5 nitrogen and oxygen atoms in total. The predicted octanol–water partition coefficient (Wildman–Crippen LogP) is 4.45. The van der Waals surface area contributed by atoms with Crippen LogP contribution in [-0.2, 0) is 10.3 Å². The molecule has 1 atom stereocenters. The van der Waals surface area contributed by atoms with Crippen molar-refractivity contribution in [2.45, 2.75) is 51.0 Å². The van der Waals surface area contributed by atoms with E-state index in [1.54, 1.807) is 6.92 Å². The summed E-state index contributed by atoms with van der Waals surface area (Å²) in [6.07, 6.45) is 6.54. The zero-order chi connectivity index (χ0) is 23.1. The lowest BCUT2D eigenvalue weighted by Gasteiger charge is -2.43. The second-order valence-corrected chi connectivity index (χ2v) is 9.74. The van der Waals surface area contributed by atoms with Crippen LogP contribution in [0, 0.1) is 5.92 Å². The molecule has 0 saturated carbocycles. The largest absolute Gasteiger partial charge is 0.347 e. The Hall–Kier alpha value is -2.66. The molecular formula is C28H37N3O2. The van der Waals surface area contributed by atoms with Crippen LogP contribution in [0.15, 0.2) is 60.7 Å². The summed E-state index contributed by atoms with van der Waals surface area (Å²) in [4.78, 5) is 29.3. The molecular weight excluding hydrogens is 410 g/mol. The van der Waals surface area contributed by atoms with E-state index in [0.29, 0.717) is 5.92 Å². The average molecular weight is 448 g/mol. The summed E-state index contributed by atoms with van der Waals surface area (Å²) in [5, 5.41) is 3.27. The Balaban J connectivity index is 1.24. The quantitative estimate of drug-likeness (QED) is 0.682. The maximum Gasteiger partial charge on any atom is 0.253 e. The first-order valence-corrected chi connectivity index (χ1v) is 12.5. The first kappa shape index (κ1) is 23.5. The van der Waals surface area contributed by atoms with Crippen molar-refractivity contribution in [1.29, 1.82) is 0 Å². The second kappa shape index (κ2) is 11.0. The standard InChI is InChI=1S/C28H37N3O2/c1-23(32)29-28(26-14-6-3-7-15-26)16-20-30(21-17-28)18-8-10-24-11-9-19-31(22-24)27(33)25-12-4-2-5-13-25/h2-7,12-15,24H,8-11,16-22H2,1H3,(H,29,32). The Bertz CT molecular complexity index is 907. The van der Waals surface area contributed by atoms with Crippen molar-refractivity contribution < 1.29 is 9.59 Å². The number of nitrogens with one attached hydrogen (secondary N) is 1. The fraction of sp³-hybridized carbons (Fsp3) is 0.500. The van der Waals surface area contributed by atoms with Gasteiger partial charge in [0.25, 0.3) is 5.91 Å². The molecule has 2 aromatic rings. The Morgan fingerprint density at radius 2 is 1.64 bits per heavy atom. The maximum absolute atomic E-state index is 12.8. The molecule has 1 unspecified atom stereocenters. The van der Waals surface area contributed by atoms with Gasteiger partial charge in [-0.3, -0.25) is 9.59 Å². The molecule has 2 aliphatic heterocycles. The van der Waals surface area contributed by atoms with E-state index < -0.39 is 0 Å². The molecule has 2 saturated heterocycles. The zero-order valence-corrected chi connectivity index (χ0v) is 19.8. The fourth-order valence-electron chi connectivity index (χ4n) is 5.59. The van der Waals surface area contributed by atoms with Gasteiger partial charge >= 0.3 is 0 Å². The van der Waals surface area contributed by atoms with Crippen molar-refractivity contribution in [1.82, 2.24) is 15.1 Å². The van der Waals surface area contributed by atoms with E-state index in [4.69, 9.17) is 0 Å². The van der Waals surface area contributed by atoms with Crippen LogP contribution in [0.2, 0.25) is 0 Å². The normalized spacial score (nSPS) is 20.9. The molecule has 2 aromatic carbocycles. The van der Waals surface area contributed by atoms with Gasteiger partial charge in [-0.05, 0) is 68.7 Å². The topological polar surface area (TPSA) is 52.7 Å². The number of benzene rings is 2. The van der Waals surface area contributed by atoms with E-state index in [9.17, 15) is 9.59 Å². The summed E-state index contributed by atoms with van der Waals surface area (Å²) in [7, 11) is 0. The van der Waals surface area contributed by atoms with Gasteiger partial charge in [-0.25, -0.2) is 0 Å². The molecule has 0 radical (unpaired) electrons. The highest BCUT2D eigenvalue weighted by Crippen LogP contribution is 2.33. The lowest BCUT2D eigenvalue weighted by atomic mass is 9.80. The third-order valence-electron chi connectivity index (χ3n) is 7.36. The SMILES string of the molecule is CC(=O)NC1(c2ccccc2)CCN(CCCC2CCCN(C(=O)c3ccccc3)C2)CC1. The summed E-state index contributed by atoms with van der Waals surface area (Å²) < 4.78 is 0. The van der Waals surface area contributed by atoms with Gasteiger partial charge in [-0.15, -0.1) is 0 Å². The van der Waals surface area contributed by atoms with E-state index in [-0.39, 0.29) is 17.4 Å². The zero-order valence-electron chi connectivity index (χ0n) is 19.8. The van der Waals surface area contributed by atoms with Crippen LogP contribution in [0.1, 0.15) is 61.4 Å². The highest BCUT2D eigenvalue weighted by molar-refractivity contribution is 5.94. The third-order valence-corrected chi connectivity index (χ3v) is 7.36. The Labute approximate surface area is 198 Å². The number of piperidine rings is 2. The van der Waals surface area contributed by atoms with Crippen molar-refractivity contribution in [3.05, 3.63) is 71.8 Å². The smallest absolute Gasteiger partial charge is 0.253 e. The van der Waals surface area contributed by atoms with Gasteiger partial charge in [0, 0.05) is 38.7 Å². The summed E-state index contributed by atoms with van der Waals surface area (Å²) in [5.74, 6) is 0.810. The van der Waals surface area contributed by atoms with Gasteiger partial charge in [0.15, 0.2) is 0 Å². The number of likely N-dealkylation sites (tertiary alicyclic amines) is 2. The van der Waals surface area contributed by atoms with E-state index in [1.807, 2.05) is 41.3 Å². The van der Waals surface area contributed by atoms with Crippen LogP contribution in [0.5, 0.6) is 0 Å². The molecule has 1 N–H and O–H groups in total. The maximum atomic E-state index is 12.8. The third kappa shape index (κ3) is 6.02. The lowest BCUT2D eigenvalue weighted by molar-refractivity contribution is -0.121. The number of carbonyl (C=O) groups excluding carboxylic acids is 2. The molecule has 0 aromatic heterocycles. The number of hydrogen-bond acceptors (Lipinski definition) is 3. The molecule has 0 bridgehead atoms. The Kier molecular flexibility index (Phi) is 7.81. The molecule has 2 fully saturated rings. The first-order valence-electron chi connectivity index (χ1n) is 12.5. The Morgan fingerprint density at radius 1 is 0.970 bits per heavy atom. The van der Waals surface area contributed by atoms with Crippen LogP contribution in [0.3, 0.4) is 0 Å². The van der Waals surface area contributed by atoms with Crippen molar-refractivity contribution >= 4 is 11.8 Å². The van der Waals surface area contributed by atoms with Crippen molar-refractivity contribution in [3.8, 4) is 0 Å². The van der Waals surface area contributed by atoms with Crippen LogP contribution in [0.4, 0.5) is 0 Å². The van der Waals surface area contributed by atoms with Gasteiger partial charge in [0.1, 0.15) is 0 Å². The van der Waals surface area contributed by atoms with Gasteiger partial charge < -0.3 is 15.1 Å². The van der Waals surface area contributed by atoms with Crippen molar-refractivity contribution in [2.24, 2.45) is 5.92 Å². The van der Waals surface area contributed by atoms with E-state index >= 15 is 0 Å². The monoisotopic (exact) mass is 447 g/mol.